The molecule has 3 rings (SSSR count). The van der Waals surface area contributed by atoms with Crippen molar-refractivity contribution in [3.63, 3.8) is 0 Å². The van der Waals surface area contributed by atoms with E-state index in [1.54, 1.807) is 0 Å². The Morgan fingerprint density at radius 1 is 1.15 bits per heavy atom. The third-order valence-electron chi connectivity index (χ3n) is 5.02. The molecule has 0 saturated carbocycles. The predicted octanol–water partition coefficient (Wildman–Crippen LogP) is 3.99. The van der Waals surface area contributed by atoms with Gasteiger partial charge in [0.1, 0.15) is 0 Å². The van der Waals surface area contributed by atoms with Crippen LogP contribution in [0.3, 0.4) is 0 Å². The first-order valence-electron chi connectivity index (χ1n) is 9.45. The Balaban J connectivity index is 1.53. The summed E-state index contributed by atoms with van der Waals surface area (Å²) < 4.78 is 0. The van der Waals surface area contributed by atoms with Gasteiger partial charge in [0.05, 0.1) is 6.04 Å². The molecule has 0 bridgehead atoms. The summed E-state index contributed by atoms with van der Waals surface area (Å²) in [5.74, 6) is 0.181. The monoisotopic (exact) mass is 365 g/mol. The molecule has 5 nitrogen and oxygen atoms in total. The van der Waals surface area contributed by atoms with Crippen molar-refractivity contribution in [3.8, 4) is 0 Å². The molecule has 142 valence electrons. The van der Waals surface area contributed by atoms with Gasteiger partial charge in [-0.2, -0.15) is 0 Å². The molecule has 1 heterocycles. The van der Waals surface area contributed by atoms with Gasteiger partial charge < -0.3 is 15.5 Å². The number of carbonyl (C=O) groups is 2. The van der Waals surface area contributed by atoms with E-state index in [2.05, 4.69) is 42.7 Å². The predicted molar refractivity (Wildman–Crippen MR) is 108 cm³/mol. The van der Waals surface area contributed by atoms with Gasteiger partial charge in [0.15, 0.2) is 0 Å². The third-order valence-corrected chi connectivity index (χ3v) is 5.02. The maximum atomic E-state index is 12.2. The highest BCUT2D eigenvalue weighted by Gasteiger charge is 2.21. The Morgan fingerprint density at radius 2 is 1.89 bits per heavy atom. The largest absolute Gasteiger partial charge is 0.334 e. The van der Waals surface area contributed by atoms with Crippen LogP contribution in [0.4, 0.5) is 10.5 Å². The Kier molecular flexibility index (Phi) is 5.79. The first kappa shape index (κ1) is 19.0. The normalized spacial score (nSPS) is 14.9. The van der Waals surface area contributed by atoms with Gasteiger partial charge >= 0.3 is 6.03 Å². The number of rotatable bonds is 5. The number of amides is 3. The van der Waals surface area contributed by atoms with Crippen molar-refractivity contribution in [2.24, 2.45) is 0 Å². The second kappa shape index (κ2) is 8.25. The first-order valence-corrected chi connectivity index (χ1v) is 9.45. The van der Waals surface area contributed by atoms with Crippen molar-refractivity contribution >= 4 is 17.6 Å². The highest BCUT2D eigenvalue weighted by Crippen LogP contribution is 2.22. The summed E-state index contributed by atoms with van der Waals surface area (Å²) in [5, 5.41) is 5.89. The fourth-order valence-electron chi connectivity index (χ4n) is 3.45. The third kappa shape index (κ3) is 4.67. The van der Waals surface area contributed by atoms with E-state index in [0.717, 1.165) is 29.8 Å². The number of nitrogens with one attached hydrogen (secondary N) is 2. The number of aryl methyl sites for hydroxylation is 2. The van der Waals surface area contributed by atoms with E-state index in [9.17, 15) is 9.59 Å². The minimum Gasteiger partial charge on any atom is -0.334 e. The molecular formula is C22H27N3O2. The van der Waals surface area contributed by atoms with E-state index >= 15 is 0 Å². The number of carbonyl (C=O) groups excluding carboxylic acids is 2. The van der Waals surface area contributed by atoms with E-state index in [1.807, 2.05) is 36.1 Å². The summed E-state index contributed by atoms with van der Waals surface area (Å²) in [7, 11) is 0. The standard InChI is InChI=1S/C22H27N3O2/c1-15-6-7-16(2)20(13-15)17(3)24-22(27)23-14-18-8-10-19(11-9-18)25-12-4-5-21(25)26/h6-11,13,17H,4-5,12,14H2,1-3H3,(H2,23,24,27)/t17-/m0/s1. The van der Waals surface area contributed by atoms with Gasteiger partial charge in [-0.1, -0.05) is 35.9 Å². The number of benzene rings is 2. The van der Waals surface area contributed by atoms with Crippen LogP contribution < -0.4 is 15.5 Å². The second-order valence-corrected chi connectivity index (χ2v) is 7.22. The molecule has 2 aromatic carbocycles. The van der Waals surface area contributed by atoms with Crippen LogP contribution in [0, 0.1) is 13.8 Å². The number of anilines is 1. The molecule has 2 aromatic rings. The molecule has 1 aliphatic rings. The molecule has 5 heteroatoms. The van der Waals surface area contributed by atoms with Gasteiger partial charge in [0.25, 0.3) is 0 Å². The van der Waals surface area contributed by atoms with E-state index in [1.165, 1.54) is 11.1 Å². The van der Waals surface area contributed by atoms with E-state index in [0.29, 0.717) is 13.0 Å². The van der Waals surface area contributed by atoms with Crippen molar-refractivity contribution in [3.05, 3.63) is 64.7 Å². The highest BCUT2D eigenvalue weighted by atomic mass is 16.2. The number of hydrogen-bond acceptors (Lipinski definition) is 2. The highest BCUT2D eigenvalue weighted by molar-refractivity contribution is 5.95. The Hall–Kier alpha value is -2.82. The minimum absolute atomic E-state index is 0.0616. The van der Waals surface area contributed by atoms with Crippen molar-refractivity contribution < 1.29 is 9.59 Å². The molecule has 27 heavy (non-hydrogen) atoms. The van der Waals surface area contributed by atoms with Crippen LogP contribution >= 0.6 is 0 Å². The molecular weight excluding hydrogens is 338 g/mol. The Labute approximate surface area is 160 Å². The average molecular weight is 365 g/mol. The molecule has 1 atom stereocenters. The summed E-state index contributed by atoms with van der Waals surface area (Å²) in [6.45, 7) is 7.32. The lowest BCUT2D eigenvalue weighted by Gasteiger charge is -2.18. The average Bonchev–Trinajstić information content (AvgIpc) is 3.08. The van der Waals surface area contributed by atoms with Gasteiger partial charge in [-0.3, -0.25) is 4.79 Å². The van der Waals surface area contributed by atoms with Gasteiger partial charge in [0.2, 0.25) is 5.91 Å². The molecule has 1 fully saturated rings. The molecule has 0 aromatic heterocycles. The number of urea groups is 1. The van der Waals surface area contributed by atoms with Gasteiger partial charge in [-0.05, 0) is 56.0 Å². The zero-order valence-corrected chi connectivity index (χ0v) is 16.2. The van der Waals surface area contributed by atoms with Gasteiger partial charge in [-0.15, -0.1) is 0 Å². The molecule has 3 amide bonds. The quantitative estimate of drug-likeness (QED) is 0.842. The fraction of sp³-hybridized carbons (Fsp3) is 0.364. The molecule has 0 aliphatic carbocycles. The van der Waals surface area contributed by atoms with Crippen molar-refractivity contribution in [2.45, 2.75) is 46.2 Å². The van der Waals surface area contributed by atoms with Crippen molar-refractivity contribution in [1.29, 1.82) is 0 Å². The SMILES string of the molecule is Cc1ccc(C)c([C@H](C)NC(=O)NCc2ccc(N3CCCC3=O)cc2)c1. The first-order chi connectivity index (χ1) is 12.9. The van der Waals surface area contributed by atoms with Crippen LogP contribution in [0.5, 0.6) is 0 Å². The lowest BCUT2D eigenvalue weighted by molar-refractivity contribution is -0.117. The molecule has 1 aliphatic heterocycles. The number of nitrogens with zero attached hydrogens (tertiary/aromatic N) is 1. The van der Waals surface area contributed by atoms with Crippen LogP contribution in [0.25, 0.3) is 0 Å². The summed E-state index contributed by atoms with van der Waals surface area (Å²) in [5.41, 5.74) is 5.40. The molecule has 1 saturated heterocycles. The van der Waals surface area contributed by atoms with Crippen LogP contribution in [0.2, 0.25) is 0 Å². The summed E-state index contributed by atoms with van der Waals surface area (Å²) in [6.07, 6.45) is 1.54. The van der Waals surface area contributed by atoms with Crippen molar-refractivity contribution in [2.75, 3.05) is 11.4 Å². The zero-order chi connectivity index (χ0) is 19.4. The fourth-order valence-corrected chi connectivity index (χ4v) is 3.45. The Bertz CT molecular complexity index is 830. The van der Waals surface area contributed by atoms with Crippen LogP contribution in [-0.2, 0) is 11.3 Å². The summed E-state index contributed by atoms with van der Waals surface area (Å²) in [6, 6.07) is 13.8. The lowest BCUT2D eigenvalue weighted by Crippen LogP contribution is -2.36. The summed E-state index contributed by atoms with van der Waals surface area (Å²) in [4.78, 5) is 25.9. The van der Waals surface area contributed by atoms with E-state index in [4.69, 9.17) is 0 Å². The van der Waals surface area contributed by atoms with Crippen LogP contribution in [-0.4, -0.2) is 18.5 Å². The van der Waals surface area contributed by atoms with Gasteiger partial charge in [0, 0.05) is 25.2 Å². The molecule has 0 radical (unpaired) electrons. The summed E-state index contributed by atoms with van der Waals surface area (Å²) >= 11 is 0. The van der Waals surface area contributed by atoms with Crippen LogP contribution in [0.15, 0.2) is 42.5 Å². The second-order valence-electron chi connectivity index (χ2n) is 7.22. The van der Waals surface area contributed by atoms with E-state index < -0.39 is 0 Å². The smallest absolute Gasteiger partial charge is 0.315 e. The van der Waals surface area contributed by atoms with Crippen molar-refractivity contribution in [1.82, 2.24) is 10.6 Å². The maximum absolute atomic E-state index is 12.2. The molecule has 0 spiro atoms. The molecule has 2 N–H and O–H groups in total. The minimum atomic E-state index is -0.192. The van der Waals surface area contributed by atoms with E-state index in [-0.39, 0.29) is 18.0 Å². The van der Waals surface area contributed by atoms with Crippen LogP contribution in [0.1, 0.15) is 48.1 Å². The lowest BCUT2D eigenvalue weighted by atomic mass is 10.0. The number of hydrogen-bond donors (Lipinski definition) is 2. The Morgan fingerprint density at radius 3 is 2.56 bits per heavy atom. The maximum Gasteiger partial charge on any atom is 0.315 e. The zero-order valence-electron chi connectivity index (χ0n) is 16.2. The van der Waals surface area contributed by atoms with Gasteiger partial charge in [-0.25, -0.2) is 4.79 Å². The topological polar surface area (TPSA) is 61.4 Å². The molecule has 0 unspecified atom stereocenters.